The number of hydrogen-bond acceptors (Lipinski definition) is 5. The number of nitrogens with zero attached hydrogens (tertiary/aromatic N) is 1. The van der Waals surface area contributed by atoms with Crippen molar-refractivity contribution in [3.05, 3.63) is 62.8 Å². The van der Waals surface area contributed by atoms with Crippen molar-refractivity contribution in [2.75, 3.05) is 6.61 Å². The van der Waals surface area contributed by atoms with Gasteiger partial charge in [-0.3, -0.25) is 9.59 Å². The Balaban J connectivity index is 1.70. The van der Waals surface area contributed by atoms with Crippen LogP contribution >= 0.6 is 0 Å². The van der Waals surface area contributed by atoms with Crippen molar-refractivity contribution < 1.29 is 13.9 Å². The number of aromatic nitrogens is 1. The first-order valence-corrected chi connectivity index (χ1v) is 9.92. The number of furan rings is 1. The van der Waals surface area contributed by atoms with E-state index < -0.39 is 5.56 Å². The first-order chi connectivity index (χ1) is 14.3. The molecule has 2 heterocycles. The molecule has 0 spiro atoms. The van der Waals surface area contributed by atoms with E-state index in [1.807, 2.05) is 44.2 Å². The predicted molar refractivity (Wildman–Crippen MR) is 114 cm³/mol. The van der Waals surface area contributed by atoms with Gasteiger partial charge in [-0.05, 0) is 57.4 Å². The maximum Gasteiger partial charge on any atom is 0.266 e. The topological polar surface area (TPSA) is 108 Å². The molecule has 0 aliphatic heterocycles. The van der Waals surface area contributed by atoms with Gasteiger partial charge in [-0.2, -0.15) is 5.26 Å². The molecule has 1 amide bonds. The number of ether oxygens (including phenoxy) is 1. The molecule has 0 saturated heterocycles. The van der Waals surface area contributed by atoms with Gasteiger partial charge >= 0.3 is 0 Å². The highest BCUT2D eigenvalue weighted by Crippen LogP contribution is 2.31. The highest BCUT2D eigenvalue weighted by atomic mass is 16.5. The van der Waals surface area contributed by atoms with Gasteiger partial charge in [0, 0.05) is 17.5 Å². The number of aryl methyl sites for hydroxylation is 1. The number of para-hydroxylation sites is 1. The third-order valence-electron chi connectivity index (χ3n) is 5.15. The predicted octanol–water partition coefficient (Wildman–Crippen LogP) is 3.82. The molecule has 1 aromatic carbocycles. The van der Waals surface area contributed by atoms with Crippen LogP contribution in [0.3, 0.4) is 0 Å². The molecule has 3 rings (SSSR count). The largest absolute Gasteiger partial charge is 0.490 e. The number of nitriles is 1. The summed E-state index contributed by atoms with van der Waals surface area (Å²) < 4.78 is 11.5. The molecule has 2 N–H and O–H groups in total. The van der Waals surface area contributed by atoms with Gasteiger partial charge < -0.3 is 19.5 Å². The standard InChI is InChI=1S/C23H25N3O4/c1-5-29-19-8-6-7-16-11-20(30-22(16)19)15(4)25-21(27)10-9-17-13(2)18(12-24)23(28)26-14(17)3/h6-8,11,15H,5,9-10H2,1-4H3,(H,25,27)(H,26,28). The Morgan fingerprint density at radius 1 is 1.37 bits per heavy atom. The zero-order valence-corrected chi connectivity index (χ0v) is 17.6. The number of benzene rings is 1. The first kappa shape index (κ1) is 21.2. The van der Waals surface area contributed by atoms with Crippen molar-refractivity contribution in [3.8, 4) is 11.8 Å². The molecule has 0 bridgehead atoms. The molecule has 30 heavy (non-hydrogen) atoms. The van der Waals surface area contributed by atoms with Gasteiger partial charge in [0.1, 0.15) is 17.4 Å². The van der Waals surface area contributed by atoms with E-state index in [4.69, 9.17) is 9.15 Å². The molecule has 3 aromatic rings. The Kier molecular flexibility index (Phi) is 6.26. The van der Waals surface area contributed by atoms with Crippen molar-refractivity contribution in [1.29, 1.82) is 5.26 Å². The molecule has 0 fully saturated rings. The van der Waals surface area contributed by atoms with E-state index in [9.17, 15) is 14.9 Å². The smallest absolute Gasteiger partial charge is 0.266 e. The minimum absolute atomic E-state index is 0.0942. The third-order valence-corrected chi connectivity index (χ3v) is 5.15. The molecule has 0 saturated carbocycles. The average molecular weight is 407 g/mol. The van der Waals surface area contributed by atoms with Crippen molar-refractivity contribution >= 4 is 16.9 Å². The van der Waals surface area contributed by atoms with Gasteiger partial charge in [-0.25, -0.2) is 0 Å². The normalized spacial score (nSPS) is 11.8. The summed E-state index contributed by atoms with van der Waals surface area (Å²) in [5.74, 6) is 1.18. The van der Waals surface area contributed by atoms with Gasteiger partial charge in [0.25, 0.3) is 5.56 Å². The number of hydrogen-bond donors (Lipinski definition) is 2. The second kappa shape index (κ2) is 8.87. The number of nitrogens with one attached hydrogen (secondary N) is 2. The zero-order chi connectivity index (χ0) is 21.8. The summed E-state index contributed by atoms with van der Waals surface area (Å²) in [6.45, 7) is 7.83. The monoisotopic (exact) mass is 407 g/mol. The molecule has 7 nitrogen and oxygen atoms in total. The summed E-state index contributed by atoms with van der Waals surface area (Å²) in [6, 6.07) is 9.21. The lowest BCUT2D eigenvalue weighted by Gasteiger charge is -2.13. The van der Waals surface area contributed by atoms with Crippen LogP contribution in [0, 0.1) is 25.2 Å². The molecule has 156 valence electrons. The molecular weight excluding hydrogens is 382 g/mol. The van der Waals surface area contributed by atoms with Crippen molar-refractivity contribution in [2.45, 2.75) is 46.6 Å². The molecule has 2 aromatic heterocycles. The van der Waals surface area contributed by atoms with Gasteiger partial charge in [0.2, 0.25) is 5.91 Å². The van der Waals surface area contributed by atoms with Crippen LogP contribution in [0.4, 0.5) is 0 Å². The van der Waals surface area contributed by atoms with Crippen LogP contribution in [-0.4, -0.2) is 17.5 Å². The van der Waals surface area contributed by atoms with Crippen molar-refractivity contribution in [3.63, 3.8) is 0 Å². The van der Waals surface area contributed by atoms with Crippen LogP contribution in [-0.2, 0) is 11.2 Å². The van der Waals surface area contributed by atoms with Crippen LogP contribution in [0.1, 0.15) is 54.5 Å². The summed E-state index contributed by atoms with van der Waals surface area (Å²) >= 11 is 0. The number of pyridine rings is 1. The fraction of sp³-hybridized carbons (Fsp3) is 0.348. The Morgan fingerprint density at radius 2 is 2.13 bits per heavy atom. The van der Waals surface area contributed by atoms with Crippen LogP contribution in [0.25, 0.3) is 11.0 Å². The zero-order valence-electron chi connectivity index (χ0n) is 17.6. The van der Waals surface area contributed by atoms with Crippen molar-refractivity contribution in [2.24, 2.45) is 0 Å². The molecule has 0 radical (unpaired) electrons. The lowest BCUT2D eigenvalue weighted by molar-refractivity contribution is -0.121. The quantitative estimate of drug-likeness (QED) is 0.619. The van der Waals surface area contributed by atoms with Gasteiger partial charge in [0.15, 0.2) is 11.3 Å². The second-order valence-corrected chi connectivity index (χ2v) is 7.21. The number of carbonyl (C=O) groups is 1. The lowest BCUT2D eigenvalue weighted by atomic mass is 9.99. The Labute approximate surface area is 174 Å². The van der Waals surface area contributed by atoms with E-state index in [1.165, 1.54) is 0 Å². The summed E-state index contributed by atoms with van der Waals surface area (Å²) in [5.41, 5.74) is 2.49. The molecule has 1 unspecified atom stereocenters. The summed E-state index contributed by atoms with van der Waals surface area (Å²) in [5, 5.41) is 13.0. The van der Waals surface area contributed by atoms with E-state index in [0.29, 0.717) is 41.4 Å². The maximum absolute atomic E-state index is 12.5. The molecule has 0 aliphatic carbocycles. The van der Waals surface area contributed by atoms with E-state index >= 15 is 0 Å². The minimum atomic E-state index is -0.398. The van der Waals surface area contributed by atoms with Crippen LogP contribution in [0.15, 0.2) is 33.5 Å². The number of fused-ring (bicyclic) bond motifs is 1. The number of amides is 1. The summed E-state index contributed by atoms with van der Waals surface area (Å²) in [7, 11) is 0. The van der Waals surface area contributed by atoms with Crippen LogP contribution in [0.2, 0.25) is 0 Å². The second-order valence-electron chi connectivity index (χ2n) is 7.21. The van der Waals surface area contributed by atoms with E-state index in [1.54, 1.807) is 13.8 Å². The van der Waals surface area contributed by atoms with E-state index in [-0.39, 0.29) is 23.9 Å². The Bertz CT molecular complexity index is 1180. The third kappa shape index (κ3) is 4.23. The summed E-state index contributed by atoms with van der Waals surface area (Å²) in [6.07, 6.45) is 0.656. The number of rotatable bonds is 7. The van der Waals surface area contributed by atoms with E-state index in [0.717, 1.165) is 10.9 Å². The molecule has 0 aliphatic rings. The maximum atomic E-state index is 12.5. The number of aromatic amines is 1. The first-order valence-electron chi connectivity index (χ1n) is 9.92. The Hall–Kier alpha value is -3.53. The van der Waals surface area contributed by atoms with Gasteiger partial charge in [-0.15, -0.1) is 0 Å². The lowest BCUT2D eigenvalue weighted by Crippen LogP contribution is -2.27. The van der Waals surface area contributed by atoms with Gasteiger partial charge in [0.05, 0.1) is 12.6 Å². The average Bonchev–Trinajstić information content (AvgIpc) is 3.13. The fourth-order valence-corrected chi connectivity index (χ4v) is 3.58. The van der Waals surface area contributed by atoms with Crippen LogP contribution in [0.5, 0.6) is 5.75 Å². The minimum Gasteiger partial charge on any atom is -0.490 e. The number of carbonyl (C=O) groups excluding carboxylic acids is 1. The fourth-order valence-electron chi connectivity index (χ4n) is 3.58. The van der Waals surface area contributed by atoms with Gasteiger partial charge in [-0.1, -0.05) is 12.1 Å². The van der Waals surface area contributed by atoms with E-state index in [2.05, 4.69) is 10.3 Å². The molecule has 1 atom stereocenters. The van der Waals surface area contributed by atoms with Crippen molar-refractivity contribution in [1.82, 2.24) is 10.3 Å². The van der Waals surface area contributed by atoms with Crippen LogP contribution < -0.4 is 15.6 Å². The molecular formula is C23H25N3O4. The molecule has 7 heteroatoms. The summed E-state index contributed by atoms with van der Waals surface area (Å²) in [4.78, 5) is 27.0. The SMILES string of the molecule is CCOc1cccc2cc(C(C)NC(=O)CCc3c(C)[nH]c(=O)c(C#N)c3C)oc12. The Morgan fingerprint density at radius 3 is 2.83 bits per heavy atom. The highest BCUT2D eigenvalue weighted by Gasteiger charge is 2.18. The highest BCUT2D eigenvalue weighted by molar-refractivity contribution is 5.84. The number of H-pyrrole nitrogens is 1.